The van der Waals surface area contributed by atoms with Crippen molar-refractivity contribution in [3.8, 4) is 0 Å². The van der Waals surface area contributed by atoms with Crippen LogP contribution in [0.2, 0.25) is 0 Å². The molecule has 0 aromatic heterocycles. The summed E-state index contributed by atoms with van der Waals surface area (Å²) in [5.74, 6) is -0.533. The quantitative estimate of drug-likeness (QED) is 0.819. The molecule has 0 aliphatic carbocycles. The molecule has 16 heavy (non-hydrogen) atoms. The van der Waals surface area contributed by atoms with E-state index in [1.807, 2.05) is 13.8 Å². The molecule has 90 valence electrons. The third-order valence-electron chi connectivity index (χ3n) is 2.89. The average Bonchev–Trinajstić information content (AvgIpc) is 2.20. The van der Waals surface area contributed by atoms with Crippen molar-refractivity contribution in [2.24, 2.45) is 11.7 Å². The fraction of sp³-hybridized carbons (Fsp3) is 0.538. The third kappa shape index (κ3) is 3.27. The highest BCUT2D eigenvalue weighted by molar-refractivity contribution is 5.23. The van der Waals surface area contributed by atoms with Gasteiger partial charge in [-0.15, -0.1) is 0 Å². The molecule has 1 rings (SSSR count). The van der Waals surface area contributed by atoms with Crippen LogP contribution < -0.4 is 5.73 Å². The molecule has 1 nitrogen and oxygen atoms in total. The van der Waals surface area contributed by atoms with Crippen molar-refractivity contribution in [3.05, 3.63) is 35.4 Å². The molecule has 0 heterocycles. The Bertz CT molecular complexity index is 337. The van der Waals surface area contributed by atoms with Crippen molar-refractivity contribution in [2.45, 2.75) is 32.6 Å². The van der Waals surface area contributed by atoms with Crippen LogP contribution in [0.4, 0.5) is 8.78 Å². The van der Waals surface area contributed by atoms with Gasteiger partial charge in [-0.1, -0.05) is 19.9 Å². The van der Waals surface area contributed by atoms with Gasteiger partial charge in [-0.2, -0.15) is 0 Å². The van der Waals surface area contributed by atoms with E-state index in [2.05, 4.69) is 0 Å². The van der Waals surface area contributed by atoms with Crippen LogP contribution >= 0.6 is 0 Å². The van der Waals surface area contributed by atoms with E-state index < -0.39 is 11.6 Å². The highest BCUT2D eigenvalue weighted by Gasteiger charge is 2.19. The Morgan fingerprint density at radius 1 is 1.25 bits per heavy atom. The maximum atomic E-state index is 13.6. The minimum absolute atomic E-state index is 0.115. The summed E-state index contributed by atoms with van der Waals surface area (Å²) in [6.45, 7) is 4.69. The molecule has 0 aliphatic heterocycles. The molecule has 0 saturated carbocycles. The van der Waals surface area contributed by atoms with E-state index in [9.17, 15) is 8.78 Å². The van der Waals surface area contributed by atoms with Crippen molar-refractivity contribution in [2.75, 3.05) is 6.54 Å². The molecule has 1 aromatic carbocycles. The summed E-state index contributed by atoms with van der Waals surface area (Å²) >= 11 is 0. The van der Waals surface area contributed by atoms with Crippen molar-refractivity contribution in [1.82, 2.24) is 0 Å². The van der Waals surface area contributed by atoms with Crippen LogP contribution in [0.1, 0.15) is 38.2 Å². The van der Waals surface area contributed by atoms with Gasteiger partial charge in [-0.3, -0.25) is 0 Å². The topological polar surface area (TPSA) is 26.0 Å². The Morgan fingerprint density at radius 2 is 1.94 bits per heavy atom. The first-order valence-corrected chi connectivity index (χ1v) is 5.71. The van der Waals surface area contributed by atoms with Gasteiger partial charge in [0.15, 0.2) is 0 Å². The predicted octanol–water partition coefficient (Wildman–Crippen LogP) is 3.44. The monoisotopic (exact) mass is 227 g/mol. The summed E-state index contributed by atoms with van der Waals surface area (Å²) in [5, 5.41) is 0. The first-order chi connectivity index (χ1) is 7.56. The molecule has 1 aromatic rings. The molecule has 0 fully saturated rings. The number of benzene rings is 1. The van der Waals surface area contributed by atoms with Crippen molar-refractivity contribution in [3.63, 3.8) is 0 Å². The summed E-state index contributed by atoms with van der Waals surface area (Å²) in [7, 11) is 0. The highest BCUT2D eigenvalue weighted by Crippen LogP contribution is 2.31. The number of rotatable bonds is 5. The maximum Gasteiger partial charge on any atom is 0.129 e. The van der Waals surface area contributed by atoms with E-state index in [4.69, 9.17) is 5.73 Å². The second kappa shape index (κ2) is 5.94. The van der Waals surface area contributed by atoms with Crippen LogP contribution in [0, 0.1) is 17.6 Å². The van der Waals surface area contributed by atoms with E-state index in [1.54, 1.807) is 6.07 Å². The zero-order valence-electron chi connectivity index (χ0n) is 9.84. The van der Waals surface area contributed by atoms with Gasteiger partial charge in [-0.05, 0) is 42.9 Å². The zero-order valence-corrected chi connectivity index (χ0v) is 9.84. The normalized spacial score (nSPS) is 13.1. The number of hydrogen-bond donors (Lipinski definition) is 1. The lowest BCUT2D eigenvalue weighted by Gasteiger charge is -2.21. The molecule has 1 atom stereocenters. The minimum atomic E-state index is -0.525. The Labute approximate surface area is 95.7 Å². The summed E-state index contributed by atoms with van der Waals surface area (Å²) in [5.41, 5.74) is 6.07. The summed E-state index contributed by atoms with van der Waals surface area (Å²) in [4.78, 5) is 0. The molecule has 0 bridgehead atoms. The SMILES string of the molecule is CC(C)C(CCCN)c1ccc(F)cc1F. The van der Waals surface area contributed by atoms with Crippen LogP contribution in [0.15, 0.2) is 18.2 Å². The van der Waals surface area contributed by atoms with Crippen LogP contribution in [-0.4, -0.2) is 6.54 Å². The molecule has 0 saturated heterocycles. The Balaban J connectivity index is 2.92. The Morgan fingerprint density at radius 3 is 2.44 bits per heavy atom. The number of hydrogen-bond acceptors (Lipinski definition) is 1. The van der Waals surface area contributed by atoms with Gasteiger partial charge in [0.25, 0.3) is 0 Å². The largest absolute Gasteiger partial charge is 0.330 e. The molecule has 2 N–H and O–H groups in total. The molecule has 0 aliphatic rings. The van der Waals surface area contributed by atoms with Gasteiger partial charge >= 0.3 is 0 Å². The minimum Gasteiger partial charge on any atom is -0.330 e. The van der Waals surface area contributed by atoms with Gasteiger partial charge in [0.05, 0.1) is 0 Å². The second-order valence-electron chi connectivity index (χ2n) is 4.45. The van der Waals surface area contributed by atoms with E-state index in [1.165, 1.54) is 6.07 Å². The second-order valence-corrected chi connectivity index (χ2v) is 4.45. The highest BCUT2D eigenvalue weighted by atomic mass is 19.1. The number of nitrogens with two attached hydrogens (primary N) is 1. The van der Waals surface area contributed by atoms with Gasteiger partial charge in [0, 0.05) is 6.07 Å². The first-order valence-electron chi connectivity index (χ1n) is 5.71. The molecule has 1 unspecified atom stereocenters. The van der Waals surface area contributed by atoms with Gasteiger partial charge < -0.3 is 5.73 Å². The van der Waals surface area contributed by atoms with Gasteiger partial charge in [0.2, 0.25) is 0 Å². The van der Waals surface area contributed by atoms with Gasteiger partial charge in [-0.25, -0.2) is 8.78 Å². The molecule has 0 radical (unpaired) electrons. The molecule has 0 spiro atoms. The summed E-state index contributed by atoms with van der Waals surface area (Å²) in [6.07, 6.45) is 1.70. The van der Waals surface area contributed by atoms with E-state index in [0.29, 0.717) is 18.0 Å². The van der Waals surface area contributed by atoms with E-state index in [0.717, 1.165) is 18.9 Å². The van der Waals surface area contributed by atoms with E-state index >= 15 is 0 Å². The fourth-order valence-corrected chi connectivity index (χ4v) is 1.99. The van der Waals surface area contributed by atoms with Crippen LogP contribution in [0.3, 0.4) is 0 Å². The van der Waals surface area contributed by atoms with E-state index in [-0.39, 0.29) is 5.92 Å². The Hall–Kier alpha value is -0.960. The lowest BCUT2D eigenvalue weighted by atomic mass is 9.84. The molecular formula is C13H19F2N. The predicted molar refractivity (Wildman–Crippen MR) is 62.2 cm³/mol. The van der Waals surface area contributed by atoms with Crippen LogP contribution in [0.5, 0.6) is 0 Å². The third-order valence-corrected chi connectivity index (χ3v) is 2.89. The van der Waals surface area contributed by atoms with Crippen molar-refractivity contribution in [1.29, 1.82) is 0 Å². The van der Waals surface area contributed by atoms with Crippen molar-refractivity contribution >= 4 is 0 Å². The number of halogens is 2. The van der Waals surface area contributed by atoms with Crippen molar-refractivity contribution < 1.29 is 8.78 Å². The summed E-state index contributed by atoms with van der Waals surface area (Å²) < 4.78 is 26.4. The average molecular weight is 227 g/mol. The van der Waals surface area contributed by atoms with Crippen LogP contribution in [-0.2, 0) is 0 Å². The zero-order chi connectivity index (χ0) is 12.1. The smallest absolute Gasteiger partial charge is 0.129 e. The standard InChI is InChI=1S/C13H19F2N/c1-9(2)11(4-3-7-16)12-6-5-10(14)8-13(12)15/h5-6,8-9,11H,3-4,7,16H2,1-2H3. The fourth-order valence-electron chi connectivity index (χ4n) is 1.99. The maximum absolute atomic E-state index is 13.6. The van der Waals surface area contributed by atoms with Crippen LogP contribution in [0.25, 0.3) is 0 Å². The molecule has 3 heteroatoms. The van der Waals surface area contributed by atoms with Gasteiger partial charge in [0.1, 0.15) is 11.6 Å². The lowest BCUT2D eigenvalue weighted by molar-refractivity contribution is 0.436. The summed E-state index contributed by atoms with van der Waals surface area (Å²) in [6, 6.07) is 3.81. The molecule has 0 amide bonds. The molecular weight excluding hydrogens is 208 g/mol. The lowest BCUT2D eigenvalue weighted by Crippen LogP contribution is -2.11. The Kier molecular flexibility index (Phi) is 4.87. The first kappa shape index (κ1) is 13.1.